The first-order chi connectivity index (χ1) is 8.96. The Morgan fingerprint density at radius 1 is 1.26 bits per heavy atom. The van der Waals surface area contributed by atoms with Gasteiger partial charge in [-0.3, -0.25) is 0 Å². The molecule has 0 saturated carbocycles. The van der Waals surface area contributed by atoms with Crippen LogP contribution in [0.3, 0.4) is 0 Å². The molecule has 1 unspecified atom stereocenters. The molecule has 0 amide bonds. The molecule has 0 radical (unpaired) electrons. The van der Waals surface area contributed by atoms with Crippen LogP contribution in [-0.4, -0.2) is 23.3 Å². The van der Waals surface area contributed by atoms with Gasteiger partial charge in [0.1, 0.15) is 11.4 Å². The zero-order chi connectivity index (χ0) is 14.0. The largest absolute Gasteiger partial charge is 0.497 e. The normalized spacial score (nSPS) is 13.8. The molecule has 100 valence electrons. The summed E-state index contributed by atoms with van der Waals surface area (Å²) in [6.45, 7) is 1.59. The molecule has 0 aliphatic heterocycles. The molecule has 19 heavy (non-hydrogen) atoms. The fourth-order valence-electron chi connectivity index (χ4n) is 1.90. The number of benzene rings is 1. The standard InChI is InChI=1S/C14H14O4S/c1-14(17,9-3-5-10(18-2)6-4-9)12-11(13(15)16)7-8-19-12/h3-8,17H,1-2H3,(H,15,16). The van der Waals surface area contributed by atoms with E-state index in [-0.39, 0.29) is 5.56 Å². The van der Waals surface area contributed by atoms with E-state index in [0.29, 0.717) is 16.2 Å². The van der Waals surface area contributed by atoms with Crippen LogP contribution in [0.4, 0.5) is 0 Å². The molecular weight excluding hydrogens is 264 g/mol. The van der Waals surface area contributed by atoms with Gasteiger partial charge in [-0.15, -0.1) is 11.3 Å². The SMILES string of the molecule is COc1ccc(C(C)(O)c2sccc2C(=O)O)cc1. The van der Waals surface area contributed by atoms with Crippen molar-refractivity contribution >= 4 is 17.3 Å². The Balaban J connectivity index is 2.45. The van der Waals surface area contributed by atoms with Gasteiger partial charge >= 0.3 is 5.97 Å². The predicted octanol–water partition coefficient (Wildman–Crippen LogP) is 2.71. The van der Waals surface area contributed by atoms with E-state index >= 15 is 0 Å². The number of carboxylic acid groups (broad SMARTS) is 1. The van der Waals surface area contributed by atoms with Crippen LogP contribution in [0.2, 0.25) is 0 Å². The van der Waals surface area contributed by atoms with Gasteiger partial charge in [-0.1, -0.05) is 12.1 Å². The summed E-state index contributed by atoms with van der Waals surface area (Å²) in [5.41, 5.74) is -0.585. The third-order valence-electron chi connectivity index (χ3n) is 2.99. The van der Waals surface area contributed by atoms with Crippen LogP contribution < -0.4 is 4.74 Å². The minimum Gasteiger partial charge on any atom is -0.497 e. The topological polar surface area (TPSA) is 66.8 Å². The van der Waals surface area contributed by atoms with E-state index in [9.17, 15) is 9.90 Å². The number of carboxylic acids is 1. The number of ether oxygens (including phenoxy) is 1. The molecule has 0 aliphatic carbocycles. The minimum absolute atomic E-state index is 0.130. The Morgan fingerprint density at radius 3 is 2.42 bits per heavy atom. The zero-order valence-corrected chi connectivity index (χ0v) is 11.4. The minimum atomic E-state index is -1.34. The molecule has 2 rings (SSSR count). The second-order valence-electron chi connectivity index (χ2n) is 4.27. The van der Waals surface area contributed by atoms with Crippen molar-refractivity contribution in [1.82, 2.24) is 0 Å². The number of methoxy groups -OCH3 is 1. The van der Waals surface area contributed by atoms with Crippen LogP contribution in [-0.2, 0) is 5.60 Å². The third kappa shape index (κ3) is 2.47. The smallest absolute Gasteiger partial charge is 0.336 e. The molecule has 5 heteroatoms. The summed E-state index contributed by atoms with van der Waals surface area (Å²) in [5.74, 6) is -0.353. The number of rotatable bonds is 4. The molecule has 0 bridgehead atoms. The van der Waals surface area contributed by atoms with E-state index in [0.717, 1.165) is 0 Å². The fraction of sp³-hybridized carbons (Fsp3) is 0.214. The predicted molar refractivity (Wildman–Crippen MR) is 72.9 cm³/mol. The van der Waals surface area contributed by atoms with Gasteiger partial charge in [-0.2, -0.15) is 0 Å². The first-order valence-corrected chi connectivity index (χ1v) is 6.53. The highest BCUT2D eigenvalue weighted by molar-refractivity contribution is 7.10. The fourth-order valence-corrected chi connectivity index (χ4v) is 2.87. The number of thiophene rings is 1. The summed E-state index contributed by atoms with van der Waals surface area (Å²) in [6.07, 6.45) is 0. The first kappa shape index (κ1) is 13.6. The van der Waals surface area contributed by atoms with Crippen LogP contribution in [0.25, 0.3) is 0 Å². The highest BCUT2D eigenvalue weighted by Crippen LogP contribution is 2.35. The number of hydrogen-bond acceptors (Lipinski definition) is 4. The van der Waals surface area contributed by atoms with Crippen molar-refractivity contribution in [3.8, 4) is 5.75 Å². The summed E-state index contributed by atoms with van der Waals surface area (Å²) in [6, 6.07) is 8.42. The molecule has 4 nitrogen and oxygen atoms in total. The molecule has 2 N–H and O–H groups in total. The van der Waals surface area contributed by atoms with Gasteiger partial charge in [0.25, 0.3) is 0 Å². The molecule has 0 saturated heterocycles. The summed E-state index contributed by atoms with van der Waals surface area (Å²) in [5, 5.41) is 21.4. The lowest BCUT2D eigenvalue weighted by Gasteiger charge is -2.23. The van der Waals surface area contributed by atoms with E-state index in [1.165, 1.54) is 17.4 Å². The average molecular weight is 278 g/mol. The molecular formula is C14H14O4S. The van der Waals surface area contributed by atoms with Gasteiger partial charge in [0.05, 0.1) is 17.6 Å². The van der Waals surface area contributed by atoms with Crippen LogP contribution in [0, 0.1) is 0 Å². The number of aromatic carboxylic acids is 1. The second kappa shape index (κ2) is 5.03. The van der Waals surface area contributed by atoms with Crippen molar-refractivity contribution < 1.29 is 19.7 Å². The highest BCUT2D eigenvalue weighted by atomic mass is 32.1. The molecule has 0 fully saturated rings. The van der Waals surface area contributed by atoms with Gasteiger partial charge in [-0.25, -0.2) is 4.79 Å². The summed E-state index contributed by atoms with van der Waals surface area (Å²) >= 11 is 1.23. The van der Waals surface area contributed by atoms with Crippen LogP contribution >= 0.6 is 11.3 Å². The van der Waals surface area contributed by atoms with Gasteiger partial charge in [-0.05, 0) is 36.1 Å². The van der Waals surface area contributed by atoms with Crippen LogP contribution in [0.15, 0.2) is 35.7 Å². The molecule has 1 aromatic heterocycles. The monoisotopic (exact) mass is 278 g/mol. The molecule has 1 heterocycles. The van der Waals surface area contributed by atoms with E-state index < -0.39 is 11.6 Å². The number of aliphatic hydroxyl groups is 1. The Bertz CT molecular complexity index is 584. The van der Waals surface area contributed by atoms with Gasteiger partial charge in [0.15, 0.2) is 0 Å². The molecule has 1 atom stereocenters. The maximum atomic E-state index is 11.1. The zero-order valence-electron chi connectivity index (χ0n) is 10.6. The van der Waals surface area contributed by atoms with E-state index in [2.05, 4.69) is 0 Å². The van der Waals surface area contributed by atoms with Crippen LogP contribution in [0.5, 0.6) is 5.75 Å². The maximum Gasteiger partial charge on any atom is 0.336 e. The lowest BCUT2D eigenvalue weighted by atomic mass is 9.92. The van der Waals surface area contributed by atoms with Gasteiger partial charge in [0, 0.05) is 0 Å². The van der Waals surface area contributed by atoms with Gasteiger partial charge in [0.2, 0.25) is 0 Å². The van der Waals surface area contributed by atoms with Crippen LogP contribution in [0.1, 0.15) is 27.7 Å². The molecule has 0 spiro atoms. The number of carbonyl (C=O) groups is 1. The third-order valence-corrected chi connectivity index (χ3v) is 4.12. The maximum absolute atomic E-state index is 11.1. The highest BCUT2D eigenvalue weighted by Gasteiger charge is 2.31. The Labute approximate surface area is 114 Å². The van der Waals surface area contributed by atoms with Crippen molar-refractivity contribution in [1.29, 1.82) is 0 Å². The van der Waals surface area contributed by atoms with Crippen molar-refractivity contribution in [2.24, 2.45) is 0 Å². The Hall–Kier alpha value is -1.85. The summed E-state index contributed by atoms with van der Waals surface area (Å²) in [4.78, 5) is 11.6. The molecule has 1 aromatic carbocycles. The van der Waals surface area contributed by atoms with Crippen molar-refractivity contribution in [2.45, 2.75) is 12.5 Å². The van der Waals surface area contributed by atoms with Crippen molar-refractivity contribution in [2.75, 3.05) is 7.11 Å². The average Bonchev–Trinajstić information content (AvgIpc) is 2.89. The second-order valence-corrected chi connectivity index (χ2v) is 5.19. The molecule has 0 aliphatic rings. The first-order valence-electron chi connectivity index (χ1n) is 5.65. The quantitative estimate of drug-likeness (QED) is 0.902. The lowest BCUT2D eigenvalue weighted by Crippen LogP contribution is -2.23. The van der Waals surface area contributed by atoms with E-state index in [1.54, 1.807) is 43.7 Å². The number of hydrogen-bond donors (Lipinski definition) is 2. The van der Waals surface area contributed by atoms with Crippen molar-refractivity contribution in [3.63, 3.8) is 0 Å². The summed E-state index contributed by atoms with van der Waals surface area (Å²) in [7, 11) is 1.56. The van der Waals surface area contributed by atoms with Gasteiger partial charge < -0.3 is 14.9 Å². The Kier molecular flexibility index (Phi) is 3.59. The lowest BCUT2D eigenvalue weighted by molar-refractivity contribution is 0.0674. The van der Waals surface area contributed by atoms with E-state index in [4.69, 9.17) is 9.84 Å². The molecule has 2 aromatic rings. The summed E-state index contributed by atoms with van der Waals surface area (Å²) < 4.78 is 5.06. The van der Waals surface area contributed by atoms with E-state index in [1.807, 2.05) is 0 Å². The Morgan fingerprint density at radius 2 is 1.89 bits per heavy atom. The van der Waals surface area contributed by atoms with Crippen molar-refractivity contribution in [3.05, 3.63) is 51.7 Å².